The Bertz CT molecular complexity index is 431. The van der Waals surface area contributed by atoms with Gasteiger partial charge in [0.2, 0.25) is 5.91 Å². The van der Waals surface area contributed by atoms with Gasteiger partial charge in [0.1, 0.15) is 0 Å². The minimum absolute atomic E-state index is 0. The molecule has 1 aromatic heterocycles. The lowest BCUT2D eigenvalue weighted by atomic mass is 9.87. The second kappa shape index (κ2) is 7.41. The van der Waals surface area contributed by atoms with Gasteiger partial charge in [-0.2, -0.15) is 0 Å². The van der Waals surface area contributed by atoms with Crippen LogP contribution in [0.3, 0.4) is 0 Å². The van der Waals surface area contributed by atoms with Gasteiger partial charge in [-0.1, -0.05) is 19.3 Å². The van der Waals surface area contributed by atoms with Gasteiger partial charge in [0.05, 0.1) is 5.69 Å². The maximum atomic E-state index is 12.0. The Morgan fingerprint density at radius 1 is 1.15 bits per heavy atom. The summed E-state index contributed by atoms with van der Waals surface area (Å²) < 4.78 is 0. The molecule has 0 bridgehead atoms. The van der Waals surface area contributed by atoms with Gasteiger partial charge in [0.15, 0.2) is 5.13 Å². The SMILES string of the molecule is Cl.O=C(CC1CCCCC1)Nc1nc2c(s1)CCCC2. The number of carbonyl (C=O) groups is 1. The molecular formula is C15H23ClN2OS. The summed E-state index contributed by atoms with van der Waals surface area (Å²) in [5, 5.41) is 3.84. The molecule has 2 aliphatic rings. The smallest absolute Gasteiger partial charge is 0.226 e. The molecule has 1 heterocycles. The number of nitrogens with zero attached hydrogens (tertiary/aromatic N) is 1. The summed E-state index contributed by atoms with van der Waals surface area (Å²) in [6.45, 7) is 0. The van der Waals surface area contributed by atoms with Crippen molar-refractivity contribution in [3.63, 3.8) is 0 Å². The van der Waals surface area contributed by atoms with Crippen molar-refractivity contribution in [2.45, 2.75) is 64.2 Å². The first-order valence-electron chi connectivity index (χ1n) is 7.59. The van der Waals surface area contributed by atoms with E-state index in [4.69, 9.17) is 0 Å². The topological polar surface area (TPSA) is 42.0 Å². The van der Waals surface area contributed by atoms with Crippen molar-refractivity contribution < 1.29 is 4.79 Å². The molecule has 3 rings (SSSR count). The number of amides is 1. The molecule has 0 aliphatic heterocycles. The number of halogens is 1. The first kappa shape index (κ1) is 15.8. The lowest BCUT2D eigenvalue weighted by molar-refractivity contribution is -0.117. The Kier molecular flexibility index (Phi) is 5.85. The van der Waals surface area contributed by atoms with Crippen LogP contribution < -0.4 is 5.32 Å². The summed E-state index contributed by atoms with van der Waals surface area (Å²) >= 11 is 1.68. The van der Waals surface area contributed by atoms with Crippen molar-refractivity contribution >= 4 is 34.8 Å². The van der Waals surface area contributed by atoms with E-state index in [9.17, 15) is 4.79 Å². The maximum Gasteiger partial charge on any atom is 0.226 e. The zero-order valence-corrected chi connectivity index (χ0v) is 13.5. The highest BCUT2D eigenvalue weighted by Gasteiger charge is 2.19. The quantitative estimate of drug-likeness (QED) is 0.901. The van der Waals surface area contributed by atoms with E-state index >= 15 is 0 Å². The van der Waals surface area contributed by atoms with E-state index in [1.165, 1.54) is 55.5 Å². The average molecular weight is 315 g/mol. The molecule has 1 amide bonds. The predicted octanol–water partition coefficient (Wildman–Crippen LogP) is 4.35. The number of anilines is 1. The molecule has 2 aliphatic carbocycles. The number of aromatic nitrogens is 1. The molecule has 0 radical (unpaired) electrons. The number of rotatable bonds is 3. The minimum atomic E-state index is 0. The molecule has 0 spiro atoms. The van der Waals surface area contributed by atoms with Crippen molar-refractivity contribution in [3.8, 4) is 0 Å². The largest absolute Gasteiger partial charge is 0.302 e. The van der Waals surface area contributed by atoms with E-state index in [-0.39, 0.29) is 18.3 Å². The molecule has 0 atom stereocenters. The van der Waals surface area contributed by atoms with Crippen LogP contribution in [0.5, 0.6) is 0 Å². The molecule has 0 unspecified atom stereocenters. The Balaban J connectivity index is 0.00000147. The normalized spacial score (nSPS) is 19.0. The molecule has 112 valence electrons. The summed E-state index contributed by atoms with van der Waals surface area (Å²) in [4.78, 5) is 18.0. The maximum absolute atomic E-state index is 12.0. The molecule has 1 N–H and O–H groups in total. The van der Waals surface area contributed by atoms with Crippen LogP contribution in [0, 0.1) is 5.92 Å². The van der Waals surface area contributed by atoms with Crippen LogP contribution in [0.2, 0.25) is 0 Å². The number of hydrogen-bond donors (Lipinski definition) is 1. The highest BCUT2D eigenvalue weighted by Crippen LogP contribution is 2.30. The fourth-order valence-electron chi connectivity index (χ4n) is 3.23. The van der Waals surface area contributed by atoms with Crippen molar-refractivity contribution in [1.29, 1.82) is 0 Å². The van der Waals surface area contributed by atoms with Crippen LogP contribution in [0.25, 0.3) is 0 Å². The van der Waals surface area contributed by atoms with Crippen molar-refractivity contribution in [2.75, 3.05) is 5.32 Å². The van der Waals surface area contributed by atoms with Crippen LogP contribution >= 0.6 is 23.7 Å². The second-order valence-electron chi connectivity index (χ2n) is 5.85. The predicted molar refractivity (Wildman–Crippen MR) is 85.8 cm³/mol. The third-order valence-corrected chi connectivity index (χ3v) is 5.36. The summed E-state index contributed by atoms with van der Waals surface area (Å²) in [6, 6.07) is 0. The van der Waals surface area contributed by atoms with E-state index in [1.54, 1.807) is 11.3 Å². The highest BCUT2D eigenvalue weighted by molar-refractivity contribution is 7.15. The summed E-state index contributed by atoms with van der Waals surface area (Å²) in [6.07, 6.45) is 11.8. The third kappa shape index (κ3) is 3.95. The van der Waals surface area contributed by atoms with Gasteiger partial charge < -0.3 is 5.32 Å². The van der Waals surface area contributed by atoms with Crippen LogP contribution in [0.1, 0.15) is 61.9 Å². The van der Waals surface area contributed by atoms with Crippen LogP contribution in [-0.2, 0) is 17.6 Å². The number of carbonyl (C=O) groups excluding carboxylic acids is 1. The third-order valence-electron chi connectivity index (χ3n) is 4.29. The number of thiazole rings is 1. The van der Waals surface area contributed by atoms with Gasteiger partial charge in [0.25, 0.3) is 0 Å². The molecule has 20 heavy (non-hydrogen) atoms. The second-order valence-corrected chi connectivity index (χ2v) is 6.94. The molecule has 0 aromatic carbocycles. The van der Waals surface area contributed by atoms with Crippen molar-refractivity contribution in [3.05, 3.63) is 10.6 Å². The van der Waals surface area contributed by atoms with Crippen LogP contribution in [-0.4, -0.2) is 10.9 Å². The minimum Gasteiger partial charge on any atom is -0.302 e. The summed E-state index contributed by atoms with van der Waals surface area (Å²) in [5.41, 5.74) is 1.23. The number of hydrogen-bond acceptors (Lipinski definition) is 3. The van der Waals surface area contributed by atoms with Gasteiger partial charge >= 0.3 is 0 Å². The fraction of sp³-hybridized carbons (Fsp3) is 0.733. The fourth-order valence-corrected chi connectivity index (χ4v) is 4.30. The number of aryl methyl sites for hydroxylation is 2. The van der Waals surface area contributed by atoms with E-state index in [0.717, 1.165) is 18.0 Å². The summed E-state index contributed by atoms with van der Waals surface area (Å²) in [5.74, 6) is 0.765. The van der Waals surface area contributed by atoms with Gasteiger partial charge in [-0.05, 0) is 44.4 Å². The molecule has 1 aromatic rings. The van der Waals surface area contributed by atoms with E-state index < -0.39 is 0 Å². The summed E-state index contributed by atoms with van der Waals surface area (Å²) in [7, 11) is 0. The molecule has 1 saturated carbocycles. The van der Waals surface area contributed by atoms with Gasteiger partial charge in [-0.3, -0.25) is 4.79 Å². The zero-order chi connectivity index (χ0) is 13.1. The number of fused-ring (bicyclic) bond motifs is 1. The van der Waals surface area contributed by atoms with Crippen molar-refractivity contribution in [2.24, 2.45) is 5.92 Å². The van der Waals surface area contributed by atoms with Crippen molar-refractivity contribution in [1.82, 2.24) is 4.98 Å². The van der Waals surface area contributed by atoms with Crippen LogP contribution in [0.15, 0.2) is 0 Å². The molecule has 0 saturated heterocycles. The molecular weight excluding hydrogens is 292 g/mol. The van der Waals surface area contributed by atoms with Gasteiger partial charge in [-0.25, -0.2) is 4.98 Å². The number of nitrogens with one attached hydrogen (secondary N) is 1. The first-order chi connectivity index (χ1) is 9.31. The lowest BCUT2D eigenvalue weighted by Crippen LogP contribution is -2.18. The zero-order valence-electron chi connectivity index (χ0n) is 11.8. The Hall–Kier alpha value is -0.610. The molecule has 1 fully saturated rings. The lowest BCUT2D eigenvalue weighted by Gasteiger charge is -2.20. The average Bonchev–Trinajstić information content (AvgIpc) is 2.81. The van der Waals surface area contributed by atoms with Gasteiger partial charge in [-0.15, -0.1) is 23.7 Å². The van der Waals surface area contributed by atoms with E-state index in [1.807, 2.05) is 0 Å². The highest BCUT2D eigenvalue weighted by atomic mass is 35.5. The first-order valence-corrected chi connectivity index (χ1v) is 8.41. The molecule has 5 heteroatoms. The standard InChI is InChI=1S/C15H22N2OS.ClH/c18-14(10-11-6-2-1-3-7-11)17-15-16-12-8-4-5-9-13(12)19-15;/h11H,1-10H2,(H,16,17,18);1H. The Labute approximate surface area is 131 Å². The Morgan fingerprint density at radius 2 is 1.90 bits per heavy atom. The molecule has 3 nitrogen and oxygen atoms in total. The van der Waals surface area contributed by atoms with E-state index in [0.29, 0.717) is 12.3 Å². The Morgan fingerprint density at radius 3 is 2.65 bits per heavy atom. The van der Waals surface area contributed by atoms with Crippen LogP contribution in [0.4, 0.5) is 5.13 Å². The monoisotopic (exact) mass is 314 g/mol. The van der Waals surface area contributed by atoms with Gasteiger partial charge in [0, 0.05) is 11.3 Å². The van der Waals surface area contributed by atoms with E-state index in [2.05, 4.69) is 10.3 Å².